The van der Waals surface area contributed by atoms with Crippen LogP contribution >= 0.6 is 0 Å². The van der Waals surface area contributed by atoms with E-state index in [1.807, 2.05) is 52.8 Å². The summed E-state index contributed by atoms with van der Waals surface area (Å²) in [6.45, 7) is 9.85. The van der Waals surface area contributed by atoms with Gasteiger partial charge in [0.15, 0.2) is 0 Å². The Morgan fingerprint density at radius 3 is 2.44 bits per heavy atom. The zero-order valence-electron chi connectivity index (χ0n) is 22.0. The fraction of sp³-hybridized carbons (Fsp3) is 0.577. The molecular weight excluding hydrogens is 464 g/mol. The Labute approximate surface area is 212 Å². The van der Waals surface area contributed by atoms with E-state index < -0.39 is 23.5 Å². The molecule has 0 bridgehead atoms. The number of rotatable bonds is 13. The molecule has 10 heteroatoms. The molecule has 2 aromatic rings. The second kappa shape index (κ2) is 13.5. The number of carbonyl (C=O) groups excluding carboxylic acids is 2. The van der Waals surface area contributed by atoms with Crippen LogP contribution in [0, 0.1) is 17.3 Å². The molecule has 0 saturated carbocycles. The van der Waals surface area contributed by atoms with E-state index in [4.69, 9.17) is 14.8 Å². The summed E-state index contributed by atoms with van der Waals surface area (Å²) in [5, 5.41) is 15.4. The van der Waals surface area contributed by atoms with Crippen LogP contribution in [-0.4, -0.2) is 54.4 Å². The SMILES string of the molecule is CNC(=O)[C@@H](NC(=O)[C@H](CC(C)C)C(CONO)OCCc1cccc2[nH]c(=O)ccc12)C(C)(C)C. The van der Waals surface area contributed by atoms with Crippen LogP contribution in [0.25, 0.3) is 10.9 Å². The quantitative estimate of drug-likeness (QED) is 0.264. The van der Waals surface area contributed by atoms with Gasteiger partial charge in [-0.25, -0.2) is 0 Å². The highest BCUT2D eigenvalue weighted by Gasteiger charge is 2.37. The van der Waals surface area contributed by atoms with Crippen molar-refractivity contribution >= 4 is 22.7 Å². The fourth-order valence-electron chi connectivity index (χ4n) is 4.19. The molecule has 0 spiro atoms. The van der Waals surface area contributed by atoms with Gasteiger partial charge >= 0.3 is 0 Å². The van der Waals surface area contributed by atoms with Gasteiger partial charge in [0.05, 0.1) is 25.2 Å². The number of amides is 2. The lowest BCUT2D eigenvalue weighted by Crippen LogP contribution is -2.55. The van der Waals surface area contributed by atoms with Gasteiger partial charge in [0, 0.05) is 24.0 Å². The number of benzene rings is 1. The monoisotopic (exact) mass is 504 g/mol. The Balaban J connectivity index is 2.22. The lowest BCUT2D eigenvalue weighted by molar-refractivity contribution is -0.168. The van der Waals surface area contributed by atoms with E-state index >= 15 is 0 Å². The van der Waals surface area contributed by atoms with Gasteiger partial charge in [0.25, 0.3) is 0 Å². The van der Waals surface area contributed by atoms with E-state index in [0.29, 0.717) is 12.8 Å². The third kappa shape index (κ3) is 8.41. The number of aromatic nitrogens is 1. The average molecular weight is 505 g/mol. The topological polar surface area (TPSA) is 142 Å². The fourth-order valence-corrected chi connectivity index (χ4v) is 4.19. The number of pyridine rings is 1. The van der Waals surface area contributed by atoms with E-state index in [9.17, 15) is 14.4 Å². The summed E-state index contributed by atoms with van der Waals surface area (Å²) in [4.78, 5) is 45.4. The molecule has 1 unspecified atom stereocenters. The van der Waals surface area contributed by atoms with Gasteiger partial charge in [-0.15, -0.1) is 0 Å². The van der Waals surface area contributed by atoms with Crippen LogP contribution in [0.5, 0.6) is 0 Å². The first kappa shape index (κ1) is 29.4. The first-order chi connectivity index (χ1) is 17.0. The zero-order chi connectivity index (χ0) is 26.9. The molecule has 0 saturated heterocycles. The number of carbonyl (C=O) groups is 2. The van der Waals surface area contributed by atoms with E-state index in [-0.39, 0.29) is 36.5 Å². The summed E-state index contributed by atoms with van der Waals surface area (Å²) >= 11 is 0. The normalized spacial score (nSPS) is 14.4. The van der Waals surface area contributed by atoms with Crippen molar-refractivity contribution < 1.29 is 24.4 Å². The van der Waals surface area contributed by atoms with Crippen molar-refractivity contribution in [3.8, 4) is 0 Å². The summed E-state index contributed by atoms with van der Waals surface area (Å²) < 4.78 is 6.15. The van der Waals surface area contributed by atoms with Crippen molar-refractivity contribution in [1.82, 2.24) is 21.3 Å². The molecular formula is C26H40N4O6. The standard InChI is InChI=1S/C26H40N4O6/c1-16(2)14-19(24(32)29-23(25(33)27-6)26(3,4)5)21(15-36-30-34)35-13-12-17-8-7-9-20-18(17)10-11-22(31)28-20/h7-11,16,19,21,23,30,34H,12-15H2,1-6H3,(H,27,33)(H,28,31)(H,29,32)/t19-,21?,23-/m1/s1. The van der Waals surface area contributed by atoms with Crippen LogP contribution in [0.1, 0.15) is 46.6 Å². The predicted octanol–water partition coefficient (Wildman–Crippen LogP) is 2.31. The molecule has 3 atom stereocenters. The highest BCUT2D eigenvalue weighted by atomic mass is 16.8. The van der Waals surface area contributed by atoms with Gasteiger partial charge in [0.1, 0.15) is 6.04 Å². The molecule has 2 rings (SSSR count). The smallest absolute Gasteiger partial charge is 0.248 e. The van der Waals surface area contributed by atoms with E-state index in [1.54, 1.807) is 11.7 Å². The van der Waals surface area contributed by atoms with Crippen molar-refractivity contribution in [1.29, 1.82) is 0 Å². The maximum atomic E-state index is 13.5. The predicted molar refractivity (Wildman–Crippen MR) is 137 cm³/mol. The van der Waals surface area contributed by atoms with E-state index in [1.165, 1.54) is 13.1 Å². The largest absolute Gasteiger partial charge is 0.375 e. The average Bonchev–Trinajstić information content (AvgIpc) is 2.81. The Bertz CT molecular complexity index is 1060. The van der Waals surface area contributed by atoms with Crippen LogP contribution in [-0.2, 0) is 25.6 Å². The van der Waals surface area contributed by atoms with E-state index in [2.05, 4.69) is 15.6 Å². The van der Waals surface area contributed by atoms with Gasteiger partial charge in [-0.1, -0.05) is 52.4 Å². The van der Waals surface area contributed by atoms with Crippen LogP contribution in [0.3, 0.4) is 0 Å². The van der Waals surface area contributed by atoms with Crippen LogP contribution < -0.4 is 21.8 Å². The molecule has 36 heavy (non-hydrogen) atoms. The number of hydrogen-bond acceptors (Lipinski definition) is 7. The number of fused-ring (bicyclic) bond motifs is 1. The van der Waals surface area contributed by atoms with Crippen molar-refractivity contribution in [2.75, 3.05) is 20.3 Å². The molecule has 1 heterocycles. The van der Waals surface area contributed by atoms with Crippen LogP contribution in [0.2, 0.25) is 0 Å². The lowest BCUT2D eigenvalue weighted by atomic mass is 9.84. The lowest BCUT2D eigenvalue weighted by Gasteiger charge is -2.33. The summed E-state index contributed by atoms with van der Waals surface area (Å²) in [5.74, 6) is -1.06. The van der Waals surface area contributed by atoms with Gasteiger partial charge < -0.3 is 20.4 Å². The molecule has 1 aromatic carbocycles. The molecule has 0 aliphatic carbocycles. The number of likely N-dealkylation sites (N-methyl/N-ethyl adjacent to an activating group) is 1. The Morgan fingerprint density at radius 1 is 1.11 bits per heavy atom. The van der Waals surface area contributed by atoms with Crippen molar-refractivity contribution in [3.05, 3.63) is 46.2 Å². The van der Waals surface area contributed by atoms with Gasteiger partial charge in [-0.05, 0) is 41.9 Å². The second-order valence-electron chi connectivity index (χ2n) is 10.4. The number of H-pyrrole nitrogens is 1. The van der Waals surface area contributed by atoms with Crippen molar-refractivity contribution in [2.24, 2.45) is 17.3 Å². The maximum Gasteiger partial charge on any atom is 0.248 e. The Hall–Kier alpha value is -2.79. The minimum atomic E-state index is -0.736. The van der Waals surface area contributed by atoms with Gasteiger partial charge in [0.2, 0.25) is 17.4 Å². The van der Waals surface area contributed by atoms with Gasteiger partial charge in [-0.2, -0.15) is 0 Å². The molecule has 0 fully saturated rings. The summed E-state index contributed by atoms with van der Waals surface area (Å²) in [6, 6.07) is 8.19. The molecule has 0 radical (unpaired) electrons. The zero-order valence-corrected chi connectivity index (χ0v) is 22.0. The first-order valence-corrected chi connectivity index (χ1v) is 12.2. The Kier molecular flexibility index (Phi) is 11.0. The highest BCUT2D eigenvalue weighted by molar-refractivity contribution is 5.89. The van der Waals surface area contributed by atoms with Crippen molar-refractivity contribution in [2.45, 2.75) is 59.6 Å². The number of ether oxygens (including phenoxy) is 1. The summed E-state index contributed by atoms with van der Waals surface area (Å²) in [7, 11) is 1.54. The molecule has 5 N–H and O–H groups in total. The Morgan fingerprint density at radius 2 is 1.83 bits per heavy atom. The maximum absolute atomic E-state index is 13.5. The molecule has 10 nitrogen and oxygen atoms in total. The van der Waals surface area contributed by atoms with Crippen LogP contribution in [0.4, 0.5) is 0 Å². The minimum Gasteiger partial charge on any atom is -0.375 e. The highest BCUT2D eigenvalue weighted by Crippen LogP contribution is 2.24. The molecule has 2 amide bonds. The third-order valence-electron chi connectivity index (χ3n) is 6.04. The van der Waals surface area contributed by atoms with Crippen molar-refractivity contribution in [3.63, 3.8) is 0 Å². The first-order valence-electron chi connectivity index (χ1n) is 12.2. The molecule has 1 aromatic heterocycles. The minimum absolute atomic E-state index is 0.0790. The summed E-state index contributed by atoms with van der Waals surface area (Å²) in [5.41, 5.74) is 2.72. The van der Waals surface area contributed by atoms with E-state index in [0.717, 1.165) is 16.5 Å². The molecule has 0 aliphatic rings. The molecule has 0 aliphatic heterocycles. The second-order valence-corrected chi connectivity index (χ2v) is 10.4. The van der Waals surface area contributed by atoms with Gasteiger partial charge in [-0.3, -0.25) is 24.4 Å². The van der Waals surface area contributed by atoms with Crippen LogP contribution in [0.15, 0.2) is 35.1 Å². The summed E-state index contributed by atoms with van der Waals surface area (Å²) in [6.07, 6.45) is 0.337. The molecule has 200 valence electrons. The number of hydrogen-bond donors (Lipinski definition) is 5. The number of aromatic amines is 1. The third-order valence-corrected chi connectivity index (χ3v) is 6.04. The number of nitrogens with one attached hydrogen (secondary N) is 4.